The number of anilines is 1. The third-order valence-electron chi connectivity index (χ3n) is 4.90. The Hall–Kier alpha value is -3.46. The molecule has 9 heteroatoms. The van der Waals surface area contributed by atoms with E-state index in [1.807, 2.05) is 0 Å². The molecule has 2 aromatic carbocycles. The predicted octanol–water partition coefficient (Wildman–Crippen LogP) is 3.93. The first kappa shape index (κ1) is 18.6. The Morgan fingerprint density at radius 3 is 2.70 bits per heavy atom. The molecule has 7 nitrogen and oxygen atoms in total. The van der Waals surface area contributed by atoms with Crippen LogP contribution >= 0.6 is 0 Å². The van der Waals surface area contributed by atoms with Crippen LogP contribution < -0.4 is 9.04 Å². The van der Waals surface area contributed by atoms with Gasteiger partial charge in [0.05, 0.1) is 17.1 Å². The lowest BCUT2D eigenvalue weighted by Crippen LogP contribution is -2.37. The number of aromatic nitrogens is 2. The second-order valence-electron chi connectivity index (χ2n) is 6.84. The Kier molecular flexibility index (Phi) is 4.21. The highest BCUT2D eigenvalue weighted by atomic mass is 32.2. The number of fused-ring (bicyclic) bond motifs is 2. The molecule has 0 radical (unpaired) electrons. The van der Waals surface area contributed by atoms with E-state index in [-0.39, 0.29) is 18.0 Å². The highest BCUT2D eigenvalue weighted by Gasteiger charge is 2.31. The van der Waals surface area contributed by atoms with Gasteiger partial charge in [-0.3, -0.25) is 4.31 Å². The molecule has 0 aliphatic carbocycles. The Bertz CT molecular complexity index is 1370. The molecule has 0 N–H and O–H groups in total. The number of benzene rings is 2. The number of aryl methyl sites for hydroxylation is 1. The summed E-state index contributed by atoms with van der Waals surface area (Å²) in [6, 6.07) is 12.7. The van der Waals surface area contributed by atoms with Crippen molar-refractivity contribution < 1.29 is 22.0 Å². The minimum atomic E-state index is -3.87. The predicted molar refractivity (Wildman–Crippen MR) is 108 cm³/mol. The number of sulfonamides is 1. The van der Waals surface area contributed by atoms with Crippen LogP contribution in [-0.4, -0.2) is 31.5 Å². The minimum Gasteiger partial charge on any atom is -0.489 e. The Morgan fingerprint density at radius 2 is 1.90 bits per heavy atom. The van der Waals surface area contributed by atoms with Crippen molar-refractivity contribution in [1.29, 1.82) is 0 Å². The van der Waals surface area contributed by atoms with Crippen molar-refractivity contribution >= 4 is 26.8 Å². The third kappa shape index (κ3) is 3.07. The van der Waals surface area contributed by atoms with E-state index in [4.69, 9.17) is 9.15 Å². The van der Waals surface area contributed by atoms with Gasteiger partial charge < -0.3 is 9.15 Å². The van der Waals surface area contributed by atoms with Crippen molar-refractivity contribution in [3.63, 3.8) is 0 Å². The fourth-order valence-electron chi connectivity index (χ4n) is 3.48. The summed E-state index contributed by atoms with van der Waals surface area (Å²) in [6.07, 6.45) is 1.40. The molecule has 0 atom stereocenters. The minimum absolute atomic E-state index is 0.104. The SMILES string of the molecule is Cc1nc2ccc(S(=O)(=O)N3CCOc4ccc(-c5ccc(F)nc5)cc43)cc2o1. The lowest BCUT2D eigenvalue weighted by atomic mass is 10.1. The van der Waals surface area contributed by atoms with Crippen LogP contribution in [0.5, 0.6) is 5.75 Å². The lowest BCUT2D eigenvalue weighted by Gasteiger charge is -2.30. The number of hydrogen-bond donors (Lipinski definition) is 0. The number of pyridine rings is 1. The van der Waals surface area contributed by atoms with E-state index < -0.39 is 16.0 Å². The van der Waals surface area contributed by atoms with Gasteiger partial charge in [0.25, 0.3) is 10.0 Å². The molecule has 0 amide bonds. The fourth-order valence-corrected chi connectivity index (χ4v) is 4.94. The van der Waals surface area contributed by atoms with Crippen LogP contribution in [0.2, 0.25) is 0 Å². The Balaban J connectivity index is 1.59. The summed E-state index contributed by atoms with van der Waals surface area (Å²) in [5.74, 6) is 0.344. The molecule has 0 fully saturated rings. The molecular formula is C21H16FN3O4S. The smallest absolute Gasteiger partial charge is 0.264 e. The normalized spacial score (nSPS) is 13.9. The first-order valence-electron chi connectivity index (χ1n) is 9.20. The van der Waals surface area contributed by atoms with Gasteiger partial charge in [0, 0.05) is 24.8 Å². The quantitative estimate of drug-likeness (QED) is 0.463. The summed E-state index contributed by atoms with van der Waals surface area (Å²) in [6.45, 7) is 2.10. The van der Waals surface area contributed by atoms with E-state index in [1.54, 1.807) is 37.3 Å². The van der Waals surface area contributed by atoms with Gasteiger partial charge in [0.1, 0.15) is 17.9 Å². The standard InChI is InChI=1S/C21H16FN3O4S/c1-13-24-17-5-4-16(11-20(17)29-13)30(26,27)25-8-9-28-19-6-2-14(10-18(19)25)15-3-7-21(22)23-12-15/h2-7,10-12H,8-9H2,1H3. The summed E-state index contributed by atoms with van der Waals surface area (Å²) in [5, 5.41) is 0. The van der Waals surface area contributed by atoms with E-state index in [9.17, 15) is 12.8 Å². The van der Waals surface area contributed by atoms with Crippen LogP contribution in [-0.2, 0) is 10.0 Å². The van der Waals surface area contributed by atoms with Crippen molar-refractivity contribution in [2.75, 3.05) is 17.5 Å². The molecule has 0 bridgehead atoms. The van der Waals surface area contributed by atoms with Crippen LogP contribution in [0, 0.1) is 12.9 Å². The maximum atomic E-state index is 13.4. The molecule has 0 unspecified atom stereocenters. The monoisotopic (exact) mass is 425 g/mol. The summed E-state index contributed by atoms with van der Waals surface area (Å²) in [7, 11) is -3.87. The van der Waals surface area contributed by atoms with Crippen LogP contribution in [0.25, 0.3) is 22.2 Å². The number of hydrogen-bond acceptors (Lipinski definition) is 6. The van der Waals surface area contributed by atoms with Gasteiger partial charge in [0.2, 0.25) is 5.95 Å². The zero-order valence-corrected chi connectivity index (χ0v) is 16.7. The van der Waals surface area contributed by atoms with Crippen molar-refractivity contribution in [3.8, 4) is 16.9 Å². The van der Waals surface area contributed by atoms with Crippen molar-refractivity contribution in [3.05, 3.63) is 66.6 Å². The first-order chi connectivity index (χ1) is 14.4. The van der Waals surface area contributed by atoms with Gasteiger partial charge in [-0.2, -0.15) is 4.39 Å². The molecular weight excluding hydrogens is 409 g/mol. The van der Waals surface area contributed by atoms with E-state index >= 15 is 0 Å². The van der Waals surface area contributed by atoms with Crippen LogP contribution in [0.15, 0.2) is 64.0 Å². The van der Waals surface area contributed by atoms with Gasteiger partial charge in [-0.25, -0.2) is 18.4 Å². The van der Waals surface area contributed by atoms with Crippen molar-refractivity contribution in [2.24, 2.45) is 0 Å². The van der Waals surface area contributed by atoms with Crippen LogP contribution in [0.3, 0.4) is 0 Å². The van der Waals surface area contributed by atoms with Crippen LogP contribution in [0.4, 0.5) is 10.1 Å². The Labute approximate surface area is 171 Å². The molecule has 1 aliphatic rings. The van der Waals surface area contributed by atoms with Gasteiger partial charge in [-0.05, 0) is 42.0 Å². The number of rotatable bonds is 3. The Morgan fingerprint density at radius 1 is 1.07 bits per heavy atom. The van der Waals surface area contributed by atoms with Gasteiger partial charge in [0.15, 0.2) is 11.5 Å². The highest BCUT2D eigenvalue weighted by Crippen LogP contribution is 2.38. The molecule has 1 aliphatic heterocycles. The molecule has 0 saturated heterocycles. The van der Waals surface area contributed by atoms with E-state index in [0.29, 0.717) is 39.6 Å². The summed E-state index contributed by atoms with van der Waals surface area (Å²) in [4.78, 5) is 7.98. The number of oxazole rings is 1. The fraction of sp³-hybridized carbons (Fsp3) is 0.143. The molecule has 152 valence electrons. The van der Waals surface area contributed by atoms with Gasteiger partial charge in [-0.15, -0.1) is 0 Å². The average Bonchev–Trinajstić information content (AvgIpc) is 3.12. The largest absolute Gasteiger partial charge is 0.489 e. The maximum Gasteiger partial charge on any atom is 0.264 e. The summed E-state index contributed by atoms with van der Waals surface area (Å²) >= 11 is 0. The topological polar surface area (TPSA) is 85.5 Å². The summed E-state index contributed by atoms with van der Waals surface area (Å²) < 4.78 is 52.5. The van der Waals surface area contributed by atoms with E-state index in [2.05, 4.69) is 9.97 Å². The molecule has 3 heterocycles. The molecule has 30 heavy (non-hydrogen) atoms. The van der Waals surface area contributed by atoms with E-state index in [0.717, 1.165) is 0 Å². The highest BCUT2D eigenvalue weighted by molar-refractivity contribution is 7.92. The van der Waals surface area contributed by atoms with Crippen molar-refractivity contribution in [1.82, 2.24) is 9.97 Å². The zero-order valence-electron chi connectivity index (χ0n) is 15.9. The lowest BCUT2D eigenvalue weighted by molar-refractivity contribution is 0.316. The summed E-state index contributed by atoms with van der Waals surface area (Å²) in [5.41, 5.74) is 2.79. The molecule has 0 saturated carbocycles. The average molecular weight is 425 g/mol. The number of halogens is 1. The second-order valence-corrected chi connectivity index (χ2v) is 8.70. The molecule has 4 aromatic rings. The van der Waals surface area contributed by atoms with Crippen LogP contribution in [0.1, 0.15) is 5.89 Å². The van der Waals surface area contributed by atoms with Gasteiger partial charge in [-0.1, -0.05) is 6.07 Å². The third-order valence-corrected chi connectivity index (χ3v) is 6.70. The molecule has 5 rings (SSSR count). The first-order valence-corrected chi connectivity index (χ1v) is 10.6. The second kappa shape index (κ2) is 6.81. The zero-order chi connectivity index (χ0) is 20.9. The van der Waals surface area contributed by atoms with Gasteiger partial charge >= 0.3 is 0 Å². The number of nitrogens with zero attached hydrogens (tertiary/aromatic N) is 3. The van der Waals surface area contributed by atoms with E-state index in [1.165, 1.54) is 28.7 Å². The number of ether oxygens (including phenoxy) is 1. The van der Waals surface area contributed by atoms with Crippen molar-refractivity contribution in [2.45, 2.75) is 11.8 Å². The maximum absolute atomic E-state index is 13.4. The molecule has 2 aromatic heterocycles. The molecule has 0 spiro atoms.